The molecule has 2 rings (SSSR count). The Morgan fingerprint density at radius 1 is 1.17 bits per heavy atom. The number of nitrogens with zero attached hydrogens (tertiary/aromatic N) is 2. The number of nitrogens with one attached hydrogen (secondary N) is 2. The number of aliphatic imine (C=N–C) groups is 1. The zero-order valence-corrected chi connectivity index (χ0v) is 16.4. The quantitative estimate of drug-likeness (QED) is 0.414. The molecule has 0 fully saturated rings. The van der Waals surface area contributed by atoms with Gasteiger partial charge in [0.15, 0.2) is 17.5 Å². The maximum Gasteiger partial charge on any atom is 0.387 e. The zero-order chi connectivity index (χ0) is 21.1. The Kier molecular flexibility index (Phi) is 9.10. The normalized spacial score (nSPS) is 12.6. The van der Waals surface area contributed by atoms with Crippen molar-refractivity contribution in [1.82, 2.24) is 15.6 Å². The molecule has 2 aromatic rings. The summed E-state index contributed by atoms with van der Waals surface area (Å²) in [7, 11) is 0. The molecule has 1 aromatic heterocycles. The number of para-hydroxylation sites is 1. The van der Waals surface area contributed by atoms with E-state index < -0.39 is 12.7 Å². The fraction of sp³-hybridized carbons (Fsp3) is 0.400. The molecule has 0 amide bonds. The molecular formula is C20H26F2N4O3. The molecule has 1 unspecified atom stereocenters. The number of aromatic nitrogens is 1. The van der Waals surface area contributed by atoms with Gasteiger partial charge in [-0.15, -0.1) is 0 Å². The van der Waals surface area contributed by atoms with Gasteiger partial charge in [-0.05, 0) is 37.6 Å². The highest BCUT2D eigenvalue weighted by molar-refractivity contribution is 5.79. The van der Waals surface area contributed by atoms with E-state index in [1.807, 2.05) is 6.92 Å². The highest BCUT2D eigenvalue weighted by atomic mass is 19.3. The molecule has 7 nitrogen and oxygen atoms in total. The first-order valence-electron chi connectivity index (χ1n) is 9.34. The number of benzene rings is 1. The first kappa shape index (κ1) is 22.4. The average Bonchev–Trinajstić information content (AvgIpc) is 2.72. The number of pyridine rings is 1. The zero-order valence-electron chi connectivity index (χ0n) is 16.4. The Hall–Kier alpha value is -2.94. The van der Waals surface area contributed by atoms with Crippen LogP contribution in [0.2, 0.25) is 0 Å². The van der Waals surface area contributed by atoms with E-state index in [-0.39, 0.29) is 24.6 Å². The van der Waals surface area contributed by atoms with Gasteiger partial charge >= 0.3 is 6.61 Å². The standard InChI is InChI=1S/C20H26F2N4O3/c1-3-24-20(26-13-16(27)14-8-10-23-11-9-14)25-12-15-6-5-7-17(28-4-2)18(15)29-19(21)22/h5-11,16,19,27H,3-4,12-13H2,1-2H3,(H2,24,25,26). The number of hydrogen-bond acceptors (Lipinski definition) is 5. The number of ether oxygens (including phenoxy) is 2. The fourth-order valence-electron chi connectivity index (χ4n) is 2.58. The number of alkyl halides is 2. The molecule has 0 spiro atoms. The highest BCUT2D eigenvalue weighted by Crippen LogP contribution is 2.33. The third kappa shape index (κ3) is 7.19. The topological polar surface area (TPSA) is 88.0 Å². The van der Waals surface area contributed by atoms with Crippen LogP contribution in [0.1, 0.15) is 31.1 Å². The summed E-state index contributed by atoms with van der Waals surface area (Å²) in [5.74, 6) is 0.651. The lowest BCUT2D eigenvalue weighted by molar-refractivity contribution is -0.0520. The number of rotatable bonds is 10. The van der Waals surface area contributed by atoms with Gasteiger partial charge in [0.1, 0.15) is 0 Å². The lowest BCUT2D eigenvalue weighted by Gasteiger charge is -2.17. The fourth-order valence-corrected chi connectivity index (χ4v) is 2.58. The Morgan fingerprint density at radius 2 is 1.93 bits per heavy atom. The number of aliphatic hydroxyl groups excluding tert-OH is 1. The molecule has 9 heteroatoms. The van der Waals surface area contributed by atoms with Crippen LogP contribution in [0.15, 0.2) is 47.7 Å². The van der Waals surface area contributed by atoms with Gasteiger partial charge < -0.3 is 25.2 Å². The Labute approximate surface area is 168 Å². The molecule has 0 aliphatic rings. The largest absolute Gasteiger partial charge is 0.490 e. The van der Waals surface area contributed by atoms with Crippen molar-refractivity contribution >= 4 is 5.96 Å². The molecule has 0 bridgehead atoms. The van der Waals surface area contributed by atoms with Crippen molar-refractivity contribution in [3.8, 4) is 11.5 Å². The Morgan fingerprint density at radius 3 is 2.59 bits per heavy atom. The van der Waals surface area contributed by atoms with E-state index >= 15 is 0 Å². The van der Waals surface area contributed by atoms with E-state index in [1.54, 1.807) is 49.6 Å². The summed E-state index contributed by atoms with van der Waals surface area (Å²) >= 11 is 0. The second kappa shape index (κ2) is 11.8. The van der Waals surface area contributed by atoms with Crippen LogP contribution in [0.3, 0.4) is 0 Å². The third-order valence-corrected chi connectivity index (χ3v) is 3.87. The molecule has 0 aliphatic carbocycles. The maximum absolute atomic E-state index is 12.8. The van der Waals surface area contributed by atoms with Crippen molar-refractivity contribution in [1.29, 1.82) is 0 Å². The maximum atomic E-state index is 12.8. The lowest BCUT2D eigenvalue weighted by Crippen LogP contribution is -2.39. The molecular weight excluding hydrogens is 382 g/mol. The van der Waals surface area contributed by atoms with E-state index in [0.717, 1.165) is 5.56 Å². The second-order valence-electron chi connectivity index (χ2n) is 5.93. The van der Waals surface area contributed by atoms with Crippen LogP contribution in [0.5, 0.6) is 11.5 Å². The van der Waals surface area contributed by atoms with Crippen molar-refractivity contribution in [2.75, 3.05) is 19.7 Å². The van der Waals surface area contributed by atoms with E-state index in [1.165, 1.54) is 0 Å². The number of aliphatic hydroxyl groups is 1. The van der Waals surface area contributed by atoms with Gasteiger partial charge in [0.05, 0.1) is 19.3 Å². The van der Waals surface area contributed by atoms with E-state index in [0.29, 0.717) is 24.7 Å². The predicted molar refractivity (Wildman–Crippen MR) is 106 cm³/mol. The molecule has 0 radical (unpaired) electrons. The minimum absolute atomic E-state index is 0.0271. The summed E-state index contributed by atoms with van der Waals surface area (Å²) in [5.41, 5.74) is 1.18. The van der Waals surface area contributed by atoms with Gasteiger partial charge in [0.2, 0.25) is 0 Å². The summed E-state index contributed by atoms with van der Waals surface area (Å²) in [5, 5.41) is 16.4. The summed E-state index contributed by atoms with van der Waals surface area (Å²) < 4.78 is 35.7. The van der Waals surface area contributed by atoms with Gasteiger partial charge in [0, 0.05) is 31.0 Å². The van der Waals surface area contributed by atoms with Crippen LogP contribution >= 0.6 is 0 Å². The Bertz CT molecular complexity index is 776. The van der Waals surface area contributed by atoms with Crippen LogP contribution in [-0.2, 0) is 6.54 Å². The molecule has 1 heterocycles. The minimum atomic E-state index is -2.97. The van der Waals surface area contributed by atoms with Crippen molar-refractivity contribution in [3.05, 3.63) is 53.9 Å². The van der Waals surface area contributed by atoms with Crippen LogP contribution in [0.25, 0.3) is 0 Å². The van der Waals surface area contributed by atoms with E-state index in [4.69, 9.17) is 4.74 Å². The van der Waals surface area contributed by atoms with Crippen molar-refractivity contribution in [3.63, 3.8) is 0 Å². The van der Waals surface area contributed by atoms with Crippen molar-refractivity contribution in [2.24, 2.45) is 4.99 Å². The SMILES string of the molecule is CCNC(=NCc1cccc(OCC)c1OC(F)F)NCC(O)c1ccncc1. The smallest absolute Gasteiger partial charge is 0.387 e. The molecule has 29 heavy (non-hydrogen) atoms. The summed E-state index contributed by atoms with van der Waals surface area (Å²) in [4.78, 5) is 8.33. The summed E-state index contributed by atoms with van der Waals surface area (Å²) in [6.07, 6.45) is 2.46. The average molecular weight is 408 g/mol. The summed E-state index contributed by atoms with van der Waals surface area (Å²) in [6, 6.07) is 8.37. The van der Waals surface area contributed by atoms with Crippen LogP contribution in [-0.4, -0.2) is 42.4 Å². The molecule has 0 saturated heterocycles. The van der Waals surface area contributed by atoms with E-state index in [2.05, 4.69) is 25.3 Å². The third-order valence-electron chi connectivity index (χ3n) is 3.87. The molecule has 158 valence electrons. The number of hydrogen-bond donors (Lipinski definition) is 3. The van der Waals surface area contributed by atoms with Gasteiger partial charge in [-0.1, -0.05) is 12.1 Å². The van der Waals surface area contributed by atoms with Crippen molar-refractivity contribution < 1.29 is 23.4 Å². The molecule has 0 aliphatic heterocycles. The van der Waals surface area contributed by atoms with Crippen LogP contribution in [0.4, 0.5) is 8.78 Å². The first-order chi connectivity index (χ1) is 14.0. The lowest BCUT2D eigenvalue weighted by atomic mass is 10.1. The molecule has 3 N–H and O–H groups in total. The van der Waals surface area contributed by atoms with Crippen LogP contribution in [0, 0.1) is 0 Å². The van der Waals surface area contributed by atoms with E-state index in [9.17, 15) is 13.9 Å². The monoisotopic (exact) mass is 408 g/mol. The minimum Gasteiger partial charge on any atom is -0.490 e. The van der Waals surface area contributed by atoms with Gasteiger partial charge in [-0.2, -0.15) is 8.78 Å². The predicted octanol–water partition coefficient (Wildman–Crippen LogP) is 2.87. The first-order valence-corrected chi connectivity index (χ1v) is 9.34. The van der Waals surface area contributed by atoms with Crippen molar-refractivity contribution in [2.45, 2.75) is 33.1 Å². The molecule has 0 saturated carbocycles. The van der Waals surface area contributed by atoms with Gasteiger partial charge in [0.25, 0.3) is 0 Å². The highest BCUT2D eigenvalue weighted by Gasteiger charge is 2.16. The Balaban J connectivity index is 2.12. The molecule has 1 aromatic carbocycles. The second-order valence-corrected chi connectivity index (χ2v) is 5.93. The summed E-state index contributed by atoms with van der Waals surface area (Å²) in [6.45, 7) is 1.91. The van der Waals surface area contributed by atoms with Crippen LogP contribution < -0.4 is 20.1 Å². The number of halogens is 2. The number of guanidine groups is 1. The molecule has 1 atom stereocenters. The van der Waals surface area contributed by atoms with Gasteiger partial charge in [-0.3, -0.25) is 4.98 Å². The van der Waals surface area contributed by atoms with Gasteiger partial charge in [-0.25, -0.2) is 4.99 Å².